The van der Waals surface area contributed by atoms with Gasteiger partial charge in [-0.05, 0) is 42.3 Å². The molecule has 0 aliphatic rings. The van der Waals surface area contributed by atoms with Gasteiger partial charge < -0.3 is 4.57 Å². The Bertz CT molecular complexity index is 1190. The predicted molar refractivity (Wildman–Crippen MR) is 116 cm³/mol. The van der Waals surface area contributed by atoms with Gasteiger partial charge in [0.1, 0.15) is 5.69 Å². The number of pyridine rings is 1. The summed E-state index contributed by atoms with van der Waals surface area (Å²) in [6.45, 7) is 0.701. The molecule has 0 saturated heterocycles. The van der Waals surface area contributed by atoms with Crippen molar-refractivity contribution >= 4 is 23.2 Å². The number of hydrogen-bond acceptors (Lipinski definition) is 3. The summed E-state index contributed by atoms with van der Waals surface area (Å²) in [5.74, 6) is 0. The van der Waals surface area contributed by atoms with Crippen molar-refractivity contribution in [1.29, 1.82) is 5.26 Å². The van der Waals surface area contributed by atoms with Gasteiger partial charge in [-0.1, -0.05) is 53.5 Å². The van der Waals surface area contributed by atoms with E-state index in [1.807, 2.05) is 48.5 Å². The number of rotatable bonds is 5. The summed E-state index contributed by atoms with van der Waals surface area (Å²) >= 11 is 12.4. The van der Waals surface area contributed by atoms with Gasteiger partial charge in [-0.3, -0.25) is 4.98 Å². The second-order valence-electron chi connectivity index (χ2n) is 6.53. The van der Waals surface area contributed by atoms with Crippen molar-refractivity contribution in [3.05, 3.63) is 94.4 Å². The highest BCUT2D eigenvalue weighted by Crippen LogP contribution is 2.31. The van der Waals surface area contributed by atoms with Crippen LogP contribution in [0.3, 0.4) is 0 Å². The summed E-state index contributed by atoms with van der Waals surface area (Å²) in [4.78, 5) is 9.05. The molecule has 0 spiro atoms. The largest absolute Gasteiger partial charge is 0.330 e. The van der Waals surface area contributed by atoms with Crippen LogP contribution >= 0.6 is 23.2 Å². The van der Waals surface area contributed by atoms with Crippen molar-refractivity contribution in [3.8, 4) is 28.7 Å². The molecular formula is C23H16Cl2N4. The Labute approximate surface area is 179 Å². The molecule has 0 N–H and O–H groups in total. The number of aryl methyl sites for hydroxylation is 2. The zero-order valence-electron chi connectivity index (χ0n) is 15.4. The van der Waals surface area contributed by atoms with Gasteiger partial charge in [0.2, 0.25) is 0 Å². The lowest BCUT2D eigenvalue weighted by Crippen LogP contribution is -2.03. The molecule has 0 amide bonds. The van der Waals surface area contributed by atoms with Crippen molar-refractivity contribution in [2.45, 2.75) is 13.0 Å². The molecule has 0 aliphatic heterocycles. The lowest BCUT2D eigenvalue weighted by Gasteiger charge is -2.11. The van der Waals surface area contributed by atoms with Crippen LogP contribution in [0, 0.1) is 11.3 Å². The average molecular weight is 419 g/mol. The topological polar surface area (TPSA) is 54.5 Å². The average Bonchev–Trinajstić information content (AvgIpc) is 3.18. The van der Waals surface area contributed by atoms with E-state index in [2.05, 4.69) is 20.6 Å². The number of hydrogen-bond donors (Lipinski definition) is 0. The molecule has 0 aliphatic carbocycles. The van der Waals surface area contributed by atoms with Gasteiger partial charge in [0.15, 0.2) is 0 Å². The van der Waals surface area contributed by atoms with E-state index in [1.165, 1.54) is 0 Å². The molecular weight excluding hydrogens is 403 g/mol. The van der Waals surface area contributed by atoms with E-state index in [1.54, 1.807) is 24.7 Å². The van der Waals surface area contributed by atoms with E-state index in [4.69, 9.17) is 23.2 Å². The maximum Gasteiger partial charge on any atom is 0.115 e. The van der Waals surface area contributed by atoms with Crippen LogP contribution in [0.1, 0.15) is 11.1 Å². The number of benzene rings is 2. The van der Waals surface area contributed by atoms with Gasteiger partial charge in [0.25, 0.3) is 0 Å². The van der Waals surface area contributed by atoms with E-state index in [0.29, 0.717) is 22.8 Å². The number of halogens is 2. The smallest absolute Gasteiger partial charge is 0.115 e. The molecule has 0 unspecified atom stereocenters. The molecule has 4 nitrogen and oxygen atoms in total. The normalized spacial score (nSPS) is 10.7. The Morgan fingerprint density at radius 2 is 1.76 bits per heavy atom. The third kappa shape index (κ3) is 4.17. The molecule has 142 valence electrons. The lowest BCUT2D eigenvalue weighted by molar-refractivity contribution is 0.702. The van der Waals surface area contributed by atoms with Gasteiger partial charge in [-0.2, -0.15) is 5.26 Å². The third-order valence-corrected chi connectivity index (χ3v) is 5.29. The van der Waals surface area contributed by atoms with Crippen LogP contribution in [0.2, 0.25) is 10.0 Å². The quantitative estimate of drug-likeness (QED) is 0.397. The van der Waals surface area contributed by atoms with E-state index < -0.39 is 0 Å². The summed E-state index contributed by atoms with van der Waals surface area (Å²) in [6, 6.07) is 21.0. The summed E-state index contributed by atoms with van der Waals surface area (Å²) in [7, 11) is 0. The molecule has 4 aromatic rings. The minimum Gasteiger partial charge on any atom is -0.330 e. The summed E-state index contributed by atoms with van der Waals surface area (Å²) < 4.78 is 2.09. The van der Waals surface area contributed by atoms with Gasteiger partial charge >= 0.3 is 0 Å². The first-order valence-corrected chi connectivity index (χ1v) is 9.82. The second kappa shape index (κ2) is 8.48. The fourth-order valence-corrected chi connectivity index (χ4v) is 3.58. The zero-order chi connectivity index (χ0) is 20.2. The van der Waals surface area contributed by atoms with E-state index >= 15 is 0 Å². The van der Waals surface area contributed by atoms with Crippen molar-refractivity contribution in [1.82, 2.24) is 14.5 Å². The Morgan fingerprint density at radius 3 is 2.52 bits per heavy atom. The fourth-order valence-electron chi connectivity index (χ4n) is 3.22. The number of nitrogens with zero attached hydrogens (tertiary/aromatic N) is 4. The van der Waals surface area contributed by atoms with Crippen molar-refractivity contribution in [2.75, 3.05) is 0 Å². The summed E-state index contributed by atoms with van der Waals surface area (Å²) in [6.07, 6.45) is 4.20. The Morgan fingerprint density at radius 1 is 0.966 bits per heavy atom. The SMILES string of the molecule is N#Cc1ccnc(-c2ncn(CCc3ccccc3Cl)c2-c2ccc(Cl)cc2)c1. The van der Waals surface area contributed by atoms with Gasteiger partial charge in [0.05, 0.1) is 29.3 Å². The zero-order valence-corrected chi connectivity index (χ0v) is 16.9. The summed E-state index contributed by atoms with van der Waals surface area (Å²) in [5.41, 5.74) is 4.91. The molecule has 0 bridgehead atoms. The molecule has 2 heterocycles. The van der Waals surface area contributed by atoms with Gasteiger partial charge in [-0.15, -0.1) is 0 Å². The number of nitriles is 1. The molecule has 0 atom stereocenters. The Balaban J connectivity index is 1.77. The first kappa shape index (κ1) is 19.2. The van der Waals surface area contributed by atoms with Gasteiger partial charge in [-0.25, -0.2) is 4.98 Å². The highest BCUT2D eigenvalue weighted by atomic mass is 35.5. The van der Waals surface area contributed by atoms with E-state index in [0.717, 1.165) is 34.0 Å². The third-order valence-electron chi connectivity index (χ3n) is 4.67. The van der Waals surface area contributed by atoms with Crippen LogP contribution in [0.5, 0.6) is 0 Å². The van der Waals surface area contributed by atoms with Crippen molar-refractivity contribution < 1.29 is 0 Å². The van der Waals surface area contributed by atoms with Gasteiger partial charge in [0, 0.05) is 28.4 Å². The minimum atomic E-state index is 0.544. The van der Waals surface area contributed by atoms with Crippen LogP contribution in [-0.4, -0.2) is 14.5 Å². The predicted octanol–water partition coefficient (Wildman–Crippen LogP) is 6.03. The van der Waals surface area contributed by atoms with E-state index in [-0.39, 0.29) is 0 Å². The lowest BCUT2D eigenvalue weighted by atomic mass is 10.1. The first-order chi connectivity index (χ1) is 14.2. The number of aromatic nitrogens is 3. The maximum absolute atomic E-state index is 9.24. The van der Waals surface area contributed by atoms with Crippen LogP contribution in [0.4, 0.5) is 0 Å². The molecule has 0 saturated carbocycles. The molecule has 2 aromatic heterocycles. The van der Waals surface area contributed by atoms with Crippen molar-refractivity contribution in [3.63, 3.8) is 0 Å². The van der Waals surface area contributed by atoms with Crippen LogP contribution in [-0.2, 0) is 13.0 Å². The highest BCUT2D eigenvalue weighted by molar-refractivity contribution is 6.31. The molecule has 29 heavy (non-hydrogen) atoms. The maximum atomic E-state index is 9.24. The standard InChI is InChI=1S/C23H16Cl2N4/c24-19-7-5-18(6-8-19)23-22(21-13-16(14-26)9-11-27-21)28-15-29(23)12-10-17-3-1-2-4-20(17)25/h1-9,11,13,15H,10,12H2. The number of imidazole rings is 1. The highest BCUT2D eigenvalue weighted by Gasteiger charge is 2.17. The van der Waals surface area contributed by atoms with Crippen LogP contribution < -0.4 is 0 Å². The van der Waals surface area contributed by atoms with Crippen LogP contribution in [0.25, 0.3) is 22.6 Å². The molecule has 6 heteroatoms. The summed E-state index contributed by atoms with van der Waals surface area (Å²) in [5, 5.41) is 10.7. The molecule has 2 aromatic carbocycles. The van der Waals surface area contributed by atoms with Crippen molar-refractivity contribution in [2.24, 2.45) is 0 Å². The van der Waals surface area contributed by atoms with Crippen LogP contribution in [0.15, 0.2) is 73.2 Å². The molecule has 0 fully saturated rings. The molecule has 0 radical (unpaired) electrons. The second-order valence-corrected chi connectivity index (χ2v) is 7.37. The minimum absolute atomic E-state index is 0.544. The first-order valence-electron chi connectivity index (χ1n) is 9.06. The Kier molecular flexibility index (Phi) is 5.62. The Hall–Kier alpha value is -3.13. The monoisotopic (exact) mass is 418 g/mol. The molecule has 4 rings (SSSR count). The van der Waals surface area contributed by atoms with E-state index in [9.17, 15) is 5.26 Å². The fraction of sp³-hybridized carbons (Fsp3) is 0.0870.